The molecule has 1 rings (SSSR count). The van der Waals surface area contributed by atoms with E-state index in [1.54, 1.807) is 0 Å². The maximum atomic E-state index is 13.2. The maximum absolute atomic E-state index is 13.2. The Bertz CT molecular complexity index is 311. The molecule has 2 N–H and O–H groups in total. The van der Waals surface area contributed by atoms with Crippen LogP contribution in [0.25, 0.3) is 0 Å². The largest absolute Gasteiger partial charge is 0.387 e. The summed E-state index contributed by atoms with van der Waals surface area (Å²) in [5.41, 5.74) is -0.258. The van der Waals surface area contributed by atoms with Crippen molar-refractivity contribution < 1.29 is 13.9 Å². The van der Waals surface area contributed by atoms with Crippen molar-refractivity contribution in [3.63, 3.8) is 0 Å². The van der Waals surface area contributed by atoms with E-state index in [1.165, 1.54) is 6.07 Å². The highest BCUT2D eigenvalue weighted by Crippen LogP contribution is 2.19. The zero-order valence-electron chi connectivity index (χ0n) is 9.34. The SMILES string of the molecule is CCCCNCC(O)c1c(F)cccc1F. The summed E-state index contributed by atoms with van der Waals surface area (Å²) < 4.78 is 26.5. The summed E-state index contributed by atoms with van der Waals surface area (Å²) in [4.78, 5) is 0. The van der Waals surface area contributed by atoms with Crippen LogP contribution in [0.2, 0.25) is 0 Å². The molecule has 1 aromatic carbocycles. The van der Waals surface area contributed by atoms with Gasteiger partial charge in [-0.25, -0.2) is 8.78 Å². The van der Waals surface area contributed by atoms with Crippen molar-refractivity contribution in [1.29, 1.82) is 0 Å². The first-order valence-electron chi connectivity index (χ1n) is 5.49. The molecule has 0 fully saturated rings. The predicted molar refractivity (Wildman–Crippen MR) is 59.1 cm³/mol. The van der Waals surface area contributed by atoms with Gasteiger partial charge in [0.1, 0.15) is 11.6 Å². The van der Waals surface area contributed by atoms with E-state index >= 15 is 0 Å². The van der Waals surface area contributed by atoms with Crippen LogP contribution in [0.5, 0.6) is 0 Å². The van der Waals surface area contributed by atoms with Gasteiger partial charge in [-0.05, 0) is 25.1 Å². The minimum atomic E-state index is -1.14. The molecule has 4 heteroatoms. The summed E-state index contributed by atoms with van der Waals surface area (Å²) in [6.07, 6.45) is 0.877. The lowest BCUT2D eigenvalue weighted by Crippen LogP contribution is -2.23. The number of nitrogens with one attached hydrogen (secondary N) is 1. The summed E-state index contributed by atoms with van der Waals surface area (Å²) >= 11 is 0. The predicted octanol–water partition coefficient (Wildman–Crippen LogP) is 2.39. The normalized spacial score (nSPS) is 12.8. The fraction of sp³-hybridized carbons (Fsp3) is 0.500. The molecule has 0 bridgehead atoms. The van der Waals surface area contributed by atoms with Crippen LogP contribution >= 0.6 is 0 Å². The van der Waals surface area contributed by atoms with Gasteiger partial charge < -0.3 is 10.4 Å². The molecule has 0 heterocycles. The number of rotatable bonds is 6. The average molecular weight is 229 g/mol. The molecule has 16 heavy (non-hydrogen) atoms. The lowest BCUT2D eigenvalue weighted by atomic mass is 10.1. The molecule has 1 unspecified atom stereocenters. The zero-order valence-corrected chi connectivity index (χ0v) is 9.34. The number of aliphatic hydroxyl groups excluding tert-OH is 1. The molecule has 2 nitrogen and oxygen atoms in total. The molecule has 0 amide bonds. The highest BCUT2D eigenvalue weighted by Gasteiger charge is 2.16. The van der Waals surface area contributed by atoms with Gasteiger partial charge in [0.15, 0.2) is 0 Å². The van der Waals surface area contributed by atoms with Crippen LogP contribution in [0.3, 0.4) is 0 Å². The van der Waals surface area contributed by atoms with Crippen LogP contribution in [0.15, 0.2) is 18.2 Å². The molecule has 1 aromatic rings. The molecule has 0 radical (unpaired) electrons. The first kappa shape index (κ1) is 13.1. The monoisotopic (exact) mass is 229 g/mol. The Morgan fingerprint density at radius 3 is 2.50 bits per heavy atom. The van der Waals surface area contributed by atoms with E-state index in [1.807, 2.05) is 0 Å². The third kappa shape index (κ3) is 3.54. The molecule has 0 saturated heterocycles. The van der Waals surface area contributed by atoms with E-state index in [9.17, 15) is 13.9 Å². The topological polar surface area (TPSA) is 32.3 Å². The fourth-order valence-electron chi connectivity index (χ4n) is 1.47. The second-order valence-electron chi connectivity index (χ2n) is 3.71. The standard InChI is InChI=1S/C12H17F2NO/c1-2-3-7-15-8-11(16)12-9(13)5-4-6-10(12)14/h4-6,11,15-16H,2-3,7-8H2,1H3. The van der Waals surface area contributed by atoms with Crippen molar-refractivity contribution in [3.05, 3.63) is 35.4 Å². The Balaban J connectivity index is 2.55. The van der Waals surface area contributed by atoms with Gasteiger partial charge in [0.05, 0.1) is 11.7 Å². The molecular weight excluding hydrogens is 212 g/mol. The quantitative estimate of drug-likeness (QED) is 0.734. The van der Waals surface area contributed by atoms with Gasteiger partial charge in [0.25, 0.3) is 0 Å². The number of unbranched alkanes of at least 4 members (excludes halogenated alkanes) is 1. The Morgan fingerprint density at radius 1 is 1.31 bits per heavy atom. The van der Waals surface area contributed by atoms with E-state index in [-0.39, 0.29) is 12.1 Å². The van der Waals surface area contributed by atoms with Crippen LogP contribution < -0.4 is 5.32 Å². The van der Waals surface area contributed by atoms with Crippen molar-refractivity contribution in [3.8, 4) is 0 Å². The minimum absolute atomic E-state index is 0.165. The van der Waals surface area contributed by atoms with Crippen LogP contribution in [-0.4, -0.2) is 18.2 Å². The summed E-state index contributed by atoms with van der Waals surface area (Å²) in [6.45, 7) is 2.95. The van der Waals surface area contributed by atoms with Gasteiger partial charge in [-0.2, -0.15) is 0 Å². The maximum Gasteiger partial charge on any atom is 0.131 e. The number of hydrogen-bond donors (Lipinski definition) is 2. The first-order valence-corrected chi connectivity index (χ1v) is 5.49. The average Bonchev–Trinajstić information content (AvgIpc) is 2.24. The van der Waals surface area contributed by atoms with Gasteiger partial charge in [-0.15, -0.1) is 0 Å². The fourth-order valence-corrected chi connectivity index (χ4v) is 1.47. The number of hydrogen-bond acceptors (Lipinski definition) is 2. The first-order chi connectivity index (χ1) is 7.66. The Morgan fingerprint density at radius 2 is 1.94 bits per heavy atom. The highest BCUT2D eigenvalue weighted by molar-refractivity contribution is 5.22. The van der Waals surface area contributed by atoms with Crippen molar-refractivity contribution in [2.24, 2.45) is 0 Å². The summed E-state index contributed by atoms with van der Waals surface area (Å²) in [7, 11) is 0. The molecule has 1 atom stereocenters. The van der Waals surface area contributed by atoms with Crippen molar-refractivity contribution >= 4 is 0 Å². The molecule has 90 valence electrons. The smallest absolute Gasteiger partial charge is 0.131 e. The minimum Gasteiger partial charge on any atom is -0.387 e. The van der Waals surface area contributed by atoms with Crippen LogP contribution in [-0.2, 0) is 0 Å². The van der Waals surface area contributed by atoms with E-state index in [0.29, 0.717) is 0 Å². The molecule has 0 aliphatic rings. The van der Waals surface area contributed by atoms with Crippen LogP contribution in [0.4, 0.5) is 8.78 Å². The molecule has 0 aromatic heterocycles. The second-order valence-corrected chi connectivity index (χ2v) is 3.71. The molecular formula is C12H17F2NO. The van der Waals surface area contributed by atoms with Gasteiger partial charge >= 0.3 is 0 Å². The third-order valence-electron chi connectivity index (χ3n) is 2.38. The summed E-state index contributed by atoms with van der Waals surface area (Å²) in [6, 6.07) is 3.58. The van der Waals surface area contributed by atoms with Gasteiger partial charge in [0.2, 0.25) is 0 Å². The van der Waals surface area contributed by atoms with E-state index < -0.39 is 17.7 Å². The van der Waals surface area contributed by atoms with Gasteiger partial charge in [-0.1, -0.05) is 19.4 Å². The Kier molecular flexibility index (Phi) is 5.35. The molecule has 0 saturated carbocycles. The number of halogens is 2. The van der Waals surface area contributed by atoms with E-state index in [0.717, 1.165) is 31.5 Å². The zero-order chi connectivity index (χ0) is 12.0. The summed E-state index contributed by atoms with van der Waals surface area (Å²) in [5, 5.41) is 12.6. The molecule has 0 aliphatic heterocycles. The van der Waals surface area contributed by atoms with E-state index in [2.05, 4.69) is 12.2 Å². The lowest BCUT2D eigenvalue weighted by Gasteiger charge is -2.13. The van der Waals surface area contributed by atoms with Crippen LogP contribution in [0.1, 0.15) is 31.4 Å². The Hall–Kier alpha value is -1.00. The van der Waals surface area contributed by atoms with E-state index in [4.69, 9.17) is 0 Å². The second kappa shape index (κ2) is 6.55. The van der Waals surface area contributed by atoms with Crippen molar-refractivity contribution in [2.45, 2.75) is 25.9 Å². The number of aliphatic hydroxyl groups is 1. The highest BCUT2D eigenvalue weighted by atomic mass is 19.1. The van der Waals surface area contributed by atoms with Gasteiger partial charge in [0, 0.05) is 6.54 Å². The third-order valence-corrected chi connectivity index (χ3v) is 2.38. The van der Waals surface area contributed by atoms with Crippen LogP contribution in [0, 0.1) is 11.6 Å². The summed E-state index contributed by atoms with van der Waals surface area (Å²) in [5.74, 6) is -1.41. The molecule has 0 aliphatic carbocycles. The van der Waals surface area contributed by atoms with Crippen molar-refractivity contribution in [2.75, 3.05) is 13.1 Å². The van der Waals surface area contributed by atoms with Gasteiger partial charge in [-0.3, -0.25) is 0 Å². The van der Waals surface area contributed by atoms with Crippen molar-refractivity contribution in [1.82, 2.24) is 5.32 Å². The Labute approximate surface area is 94.3 Å². The molecule has 0 spiro atoms. The lowest BCUT2D eigenvalue weighted by molar-refractivity contribution is 0.165. The number of benzene rings is 1.